The fourth-order valence-corrected chi connectivity index (χ4v) is 6.54. The number of esters is 1. The minimum Gasteiger partial charge on any atom is -0.490 e. The third-order valence-electron chi connectivity index (χ3n) is 9.36. The van der Waals surface area contributed by atoms with E-state index in [-0.39, 0.29) is 47.6 Å². The van der Waals surface area contributed by atoms with Crippen molar-refractivity contribution in [3.8, 4) is 0 Å². The Balaban J connectivity index is 2.47. The summed E-state index contributed by atoms with van der Waals surface area (Å²) in [6.45, 7) is 17.8. The summed E-state index contributed by atoms with van der Waals surface area (Å²) >= 11 is 0. The lowest BCUT2D eigenvalue weighted by molar-refractivity contribution is -0.184. The number of methoxy groups -OCH3 is 2. The van der Waals surface area contributed by atoms with Crippen LogP contribution in [0, 0.1) is 35.5 Å². The maximum absolute atomic E-state index is 13.5. The van der Waals surface area contributed by atoms with Gasteiger partial charge in [0.05, 0.1) is 37.6 Å². The molecule has 246 valence electrons. The molecule has 3 N–H and O–H groups in total. The zero-order valence-electron chi connectivity index (χ0n) is 28.2. The maximum atomic E-state index is 13.5. The topological polar surface area (TPSA) is 115 Å². The number of ether oxygens (including phenoxy) is 4. The summed E-state index contributed by atoms with van der Waals surface area (Å²) in [7, 11) is 2.95. The van der Waals surface area contributed by atoms with Crippen LogP contribution in [-0.2, 0) is 23.7 Å². The van der Waals surface area contributed by atoms with Crippen molar-refractivity contribution in [2.75, 3.05) is 14.2 Å². The third-order valence-corrected chi connectivity index (χ3v) is 9.36. The first-order valence-corrected chi connectivity index (χ1v) is 15.8. The van der Waals surface area contributed by atoms with Gasteiger partial charge in [-0.05, 0) is 38.2 Å². The van der Waals surface area contributed by atoms with Gasteiger partial charge in [-0.2, -0.15) is 0 Å². The number of aliphatic hydroxyl groups excluding tert-OH is 3. The third kappa shape index (κ3) is 10.0. The number of cyclic esters (lactones) is 1. The summed E-state index contributed by atoms with van der Waals surface area (Å²) < 4.78 is 23.8. The lowest BCUT2D eigenvalue weighted by Gasteiger charge is -2.44. The molecule has 2 aliphatic rings. The Bertz CT molecular complexity index is 1010. The Hall–Kier alpha value is -1.97. The molecule has 0 radical (unpaired) electrons. The van der Waals surface area contributed by atoms with E-state index in [9.17, 15) is 20.1 Å². The van der Waals surface area contributed by atoms with Gasteiger partial charge in [0.25, 0.3) is 0 Å². The molecule has 2 aliphatic heterocycles. The predicted molar refractivity (Wildman–Crippen MR) is 169 cm³/mol. The van der Waals surface area contributed by atoms with Crippen LogP contribution < -0.4 is 0 Å². The smallest absolute Gasteiger partial charge is 0.373 e. The normalized spacial score (nSPS) is 40.1. The minimum atomic E-state index is -0.926. The number of rotatable bonds is 7. The molecule has 0 aromatic carbocycles. The average molecular weight is 607 g/mol. The molecule has 0 amide bonds. The average Bonchev–Trinajstić information content (AvgIpc) is 2.95. The van der Waals surface area contributed by atoms with Gasteiger partial charge < -0.3 is 34.3 Å². The fourth-order valence-electron chi connectivity index (χ4n) is 6.54. The number of aliphatic hydroxyl groups is 3. The van der Waals surface area contributed by atoms with E-state index in [1.54, 1.807) is 13.2 Å². The zero-order chi connectivity index (χ0) is 32.6. The van der Waals surface area contributed by atoms with Gasteiger partial charge in [0, 0.05) is 37.2 Å². The molecule has 0 aromatic rings. The molecule has 1 fully saturated rings. The molecule has 1 unspecified atom stereocenters. The minimum absolute atomic E-state index is 0.00224. The Morgan fingerprint density at radius 1 is 1.00 bits per heavy atom. The SMILES string of the molecule is CO/C1=C\C(C)=C\[C@@H](C)[C@@H](O)[C@@H](C)C/C(C)=C/C=C/[C@H](OC)[C@@H]([C@@H](C)[C@@H](O)[C@H](C)C2C[C@@H](O)[C@H](C)[C@H](C(C)C)O2)OC1=O. The molecule has 0 aromatic heterocycles. The van der Waals surface area contributed by atoms with E-state index in [1.165, 1.54) is 7.11 Å². The Kier molecular flexibility index (Phi) is 14.6. The van der Waals surface area contributed by atoms with Crippen molar-refractivity contribution in [2.24, 2.45) is 35.5 Å². The van der Waals surface area contributed by atoms with E-state index >= 15 is 0 Å². The zero-order valence-corrected chi connectivity index (χ0v) is 28.2. The second-order valence-electron chi connectivity index (χ2n) is 13.4. The number of hydrogen-bond donors (Lipinski definition) is 3. The molecule has 2 rings (SSSR count). The highest BCUT2D eigenvalue weighted by Crippen LogP contribution is 2.36. The van der Waals surface area contributed by atoms with Crippen molar-refractivity contribution in [2.45, 2.75) is 118 Å². The van der Waals surface area contributed by atoms with Crippen LogP contribution in [0.2, 0.25) is 0 Å². The predicted octanol–water partition coefficient (Wildman–Crippen LogP) is 5.37. The van der Waals surface area contributed by atoms with Crippen LogP contribution in [0.4, 0.5) is 0 Å². The van der Waals surface area contributed by atoms with Crippen LogP contribution in [0.25, 0.3) is 0 Å². The highest BCUT2D eigenvalue weighted by molar-refractivity contribution is 5.87. The van der Waals surface area contributed by atoms with E-state index < -0.39 is 42.4 Å². The Morgan fingerprint density at radius 3 is 2.23 bits per heavy atom. The molecular formula is C35H58O8. The van der Waals surface area contributed by atoms with Gasteiger partial charge in [-0.3, -0.25) is 0 Å². The van der Waals surface area contributed by atoms with Crippen LogP contribution >= 0.6 is 0 Å². The van der Waals surface area contributed by atoms with Crippen molar-refractivity contribution in [3.05, 3.63) is 47.3 Å². The molecule has 0 aliphatic carbocycles. The molecule has 0 spiro atoms. The van der Waals surface area contributed by atoms with Crippen LogP contribution in [-0.4, -0.2) is 78.2 Å². The largest absolute Gasteiger partial charge is 0.490 e. The van der Waals surface area contributed by atoms with Crippen molar-refractivity contribution in [1.29, 1.82) is 0 Å². The number of hydrogen-bond acceptors (Lipinski definition) is 8. The summed E-state index contributed by atoms with van der Waals surface area (Å²) in [6, 6.07) is 0. The van der Waals surface area contributed by atoms with Gasteiger partial charge in [-0.15, -0.1) is 0 Å². The second-order valence-corrected chi connectivity index (χ2v) is 13.4. The summed E-state index contributed by atoms with van der Waals surface area (Å²) in [5.41, 5.74) is 1.85. The van der Waals surface area contributed by atoms with Gasteiger partial charge in [-0.1, -0.05) is 83.9 Å². The van der Waals surface area contributed by atoms with Gasteiger partial charge in [-0.25, -0.2) is 4.79 Å². The maximum Gasteiger partial charge on any atom is 0.373 e. The van der Waals surface area contributed by atoms with Crippen LogP contribution in [0.3, 0.4) is 0 Å². The Labute approximate surface area is 259 Å². The molecule has 8 heteroatoms. The molecule has 0 saturated carbocycles. The highest BCUT2D eigenvalue weighted by atomic mass is 16.6. The molecule has 2 heterocycles. The van der Waals surface area contributed by atoms with Gasteiger partial charge in [0.15, 0.2) is 0 Å². The first-order valence-electron chi connectivity index (χ1n) is 15.8. The second kappa shape index (κ2) is 16.9. The van der Waals surface area contributed by atoms with E-state index in [1.807, 2.05) is 72.8 Å². The molecular weight excluding hydrogens is 548 g/mol. The van der Waals surface area contributed by atoms with Crippen molar-refractivity contribution in [1.82, 2.24) is 0 Å². The summed E-state index contributed by atoms with van der Waals surface area (Å²) in [5.74, 6) is -1.48. The van der Waals surface area contributed by atoms with Crippen molar-refractivity contribution < 1.29 is 39.1 Å². The van der Waals surface area contributed by atoms with E-state index in [0.717, 1.165) is 11.1 Å². The molecule has 8 nitrogen and oxygen atoms in total. The van der Waals surface area contributed by atoms with E-state index in [2.05, 4.69) is 13.8 Å². The quantitative estimate of drug-likeness (QED) is 0.332. The molecule has 1 saturated heterocycles. The highest BCUT2D eigenvalue weighted by Gasteiger charge is 2.43. The van der Waals surface area contributed by atoms with E-state index in [0.29, 0.717) is 12.8 Å². The fraction of sp³-hybridized carbons (Fsp3) is 0.743. The lowest BCUT2D eigenvalue weighted by atomic mass is 9.78. The van der Waals surface area contributed by atoms with Crippen molar-refractivity contribution >= 4 is 5.97 Å². The molecule has 43 heavy (non-hydrogen) atoms. The van der Waals surface area contributed by atoms with Gasteiger partial charge >= 0.3 is 5.97 Å². The van der Waals surface area contributed by atoms with Gasteiger partial charge in [0.1, 0.15) is 12.2 Å². The number of allylic oxidation sites excluding steroid dienone is 5. The van der Waals surface area contributed by atoms with Gasteiger partial charge in [0.2, 0.25) is 5.76 Å². The monoisotopic (exact) mass is 606 g/mol. The molecule has 12 atom stereocenters. The first-order chi connectivity index (χ1) is 20.1. The van der Waals surface area contributed by atoms with Crippen molar-refractivity contribution in [3.63, 3.8) is 0 Å². The number of carbonyl (C=O) groups is 1. The van der Waals surface area contributed by atoms with Crippen LogP contribution in [0.15, 0.2) is 47.3 Å². The summed E-state index contributed by atoms with van der Waals surface area (Å²) in [5, 5.41) is 33.4. The standard InChI is InChI=1S/C35H58O8/c1-19(2)33-24(7)27(36)18-29(42-33)25(8)32(38)26(9)34-28(40-10)14-12-13-20(3)15-22(5)31(37)23(6)16-21(4)17-30(41-11)35(39)43-34/h12-14,16-17,19,22-29,31-34,36-38H,15,18H2,1-11H3/b14-12+,20-13+,21-16+,30-17-/t22-,23+,24-,25+,26-,27+,28-,29?,31-,32-,33-,34+/m0/s1. The first kappa shape index (κ1) is 37.2. The van der Waals surface area contributed by atoms with Crippen LogP contribution in [0.1, 0.15) is 75.2 Å². The van der Waals surface area contributed by atoms with Crippen LogP contribution in [0.5, 0.6) is 0 Å². The molecule has 0 bridgehead atoms. The summed E-state index contributed by atoms with van der Waals surface area (Å²) in [6.07, 6.45) is 6.31. The number of carbonyl (C=O) groups excluding carboxylic acids is 1. The lowest BCUT2D eigenvalue weighted by Crippen LogP contribution is -2.51. The Morgan fingerprint density at radius 2 is 1.65 bits per heavy atom. The summed E-state index contributed by atoms with van der Waals surface area (Å²) in [4.78, 5) is 13.5. The van der Waals surface area contributed by atoms with E-state index in [4.69, 9.17) is 18.9 Å².